The van der Waals surface area contributed by atoms with Crippen molar-refractivity contribution in [2.75, 3.05) is 7.11 Å². The number of hydrogen-bond donors (Lipinski definition) is 0. The second-order valence-corrected chi connectivity index (χ2v) is 6.97. The summed E-state index contributed by atoms with van der Waals surface area (Å²) in [5.41, 5.74) is 0.241. The highest BCUT2D eigenvalue weighted by Gasteiger charge is 2.12. The zero-order chi connectivity index (χ0) is 23.4. The second-order valence-electron chi connectivity index (χ2n) is 6.97. The zero-order valence-corrected chi connectivity index (χ0v) is 17.4. The first-order chi connectivity index (χ1) is 15.9. The molecule has 0 spiro atoms. The van der Waals surface area contributed by atoms with Gasteiger partial charge in [0.2, 0.25) is 0 Å². The molecular weight excluding hydrogens is 426 g/mol. The number of nitrogens with zero attached hydrogens (tertiary/aromatic N) is 1. The van der Waals surface area contributed by atoms with Gasteiger partial charge in [0.1, 0.15) is 28.4 Å². The maximum atomic E-state index is 12.5. The number of ketones is 1. The summed E-state index contributed by atoms with van der Waals surface area (Å²) in [4.78, 5) is 35.0. The lowest BCUT2D eigenvalue weighted by Gasteiger charge is -2.05. The van der Waals surface area contributed by atoms with E-state index in [0.29, 0.717) is 33.8 Å². The summed E-state index contributed by atoms with van der Waals surface area (Å²) in [6, 6.07) is 19.1. The Kier molecular flexibility index (Phi) is 5.99. The minimum absolute atomic E-state index is 0.0207. The highest BCUT2D eigenvalue weighted by atomic mass is 16.6. The van der Waals surface area contributed by atoms with Crippen LogP contribution in [0.1, 0.15) is 15.9 Å². The molecule has 0 aliphatic rings. The highest BCUT2D eigenvalue weighted by molar-refractivity contribution is 6.07. The summed E-state index contributed by atoms with van der Waals surface area (Å²) < 4.78 is 16.0. The Hall–Kier alpha value is -4.72. The molecule has 0 saturated carbocycles. The van der Waals surface area contributed by atoms with E-state index in [2.05, 4.69) is 0 Å². The standard InChI is InChI=1S/C25H17NO7/c1-31-21-10-5-17-14-22(25(28)33-24(17)15-21)23(27)13-4-16-2-8-19(9-3-16)32-20-11-6-18(7-12-20)26(29)30/h2-15H,1H3/b13-4+. The molecule has 0 unspecified atom stereocenters. The monoisotopic (exact) mass is 443 g/mol. The van der Waals surface area contributed by atoms with E-state index in [1.165, 1.54) is 43.5 Å². The zero-order valence-electron chi connectivity index (χ0n) is 17.4. The van der Waals surface area contributed by atoms with Gasteiger partial charge in [0.05, 0.1) is 12.0 Å². The van der Waals surface area contributed by atoms with Crippen LogP contribution in [0.5, 0.6) is 17.2 Å². The molecule has 0 fully saturated rings. The first-order valence-electron chi connectivity index (χ1n) is 9.79. The number of rotatable bonds is 7. The molecule has 4 aromatic rings. The van der Waals surface area contributed by atoms with E-state index in [9.17, 15) is 19.7 Å². The Bertz CT molecular complexity index is 1420. The topological polar surface area (TPSA) is 109 Å². The number of nitro benzene ring substituents is 1. The van der Waals surface area contributed by atoms with Crippen LogP contribution in [0.3, 0.4) is 0 Å². The third-order valence-corrected chi connectivity index (χ3v) is 4.80. The molecule has 0 amide bonds. The molecule has 1 heterocycles. The average Bonchev–Trinajstić information content (AvgIpc) is 2.83. The molecule has 33 heavy (non-hydrogen) atoms. The largest absolute Gasteiger partial charge is 0.497 e. The van der Waals surface area contributed by atoms with Crippen LogP contribution in [0, 0.1) is 10.1 Å². The molecule has 0 saturated heterocycles. The molecule has 4 rings (SSSR count). The van der Waals surface area contributed by atoms with Crippen LogP contribution >= 0.6 is 0 Å². The smallest absolute Gasteiger partial charge is 0.347 e. The van der Waals surface area contributed by atoms with Crippen molar-refractivity contribution < 1.29 is 23.6 Å². The molecule has 8 heteroatoms. The first-order valence-corrected chi connectivity index (χ1v) is 9.79. The van der Waals surface area contributed by atoms with Crippen molar-refractivity contribution in [3.05, 3.63) is 111 Å². The fourth-order valence-electron chi connectivity index (χ4n) is 3.07. The van der Waals surface area contributed by atoms with Crippen molar-refractivity contribution in [3.8, 4) is 17.2 Å². The van der Waals surface area contributed by atoms with Gasteiger partial charge in [-0.2, -0.15) is 0 Å². The van der Waals surface area contributed by atoms with E-state index < -0.39 is 16.3 Å². The summed E-state index contributed by atoms with van der Waals surface area (Å²) >= 11 is 0. The predicted molar refractivity (Wildman–Crippen MR) is 122 cm³/mol. The van der Waals surface area contributed by atoms with Crippen molar-refractivity contribution >= 4 is 28.5 Å². The number of non-ortho nitro benzene ring substituents is 1. The third-order valence-electron chi connectivity index (χ3n) is 4.80. The van der Waals surface area contributed by atoms with Gasteiger partial charge in [-0.15, -0.1) is 0 Å². The van der Waals surface area contributed by atoms with Crippen LogP contribution < -0.4 is 15.1 Å². The first kappa shape index (κ1) is 21.5. The van der Waals surface area contributed by atoms with Gasteiger partial charge in [-0.05, 0) is 54.1 Å². The normalized spacial score (nSPS) is 10.9. The average molecular weight is 443 g/mol. The summed E-state index contributed by atoms with van der Waals surface area (Å²) in [5.74, 6) is 1.05. The SMILES string of the molecule is COc1ccc2cc(C(=O)/C=C/c3ccc(Oc4ccc([N+](=O)[O-])cc4)cc3)c(=O)oc2c1. The summed E-state index contributed by atoms with van der Waals surface area (Å²) in [6.07, 6.45) is 2.88. The molecule has 1 aromatic heterocycles. The van der Waals surface area contributed by atoms with Crippen LogP contribution in [-0.2, 0) is 0 Å². The van der Waals surface area contributed by atoms with Crippen LogP contribution in [0.15, 0.2) is 88.1 Å². The maximum Gasteiger partial charge on any atom is 0.347 e. The van der Waals surface area contributed by atoms with Gasteiger partial charge in [-0.25, -0.2) is 4.79 Å². The van der Waals surface area contributed by atoms with E-state index in [4.69, 9.17) is 13.9 Å². The summed E-state index contributed by atoms with van der Waals surface area (Å²) in [7, 11) is 1.51. The molecular formula is C25H17NO7. The van der Waals surface area contributed by atoms with E-state index in [0.717, 1.165) is 0 Å². The summed E-state index contributed by atoms with van der Waals surface area (Å²) in [6.45, 7) is 0. The fourth-order valence-corrected chi connectivity index (χ4v) is 3.07. The molecule has 3 aromatic carbocycles. The number of hydrogen-bond acceptors (Lipinski definition) is 7. The number of fused-ring (bicyclic) bond motifs is 1. The molecule has 0 radical (unpaired) electrons. The maximum absolute atomic E-state index is 12.5. The Morgan fingerprint density at radius 3 is 2.21 bits per heavy atom. The van der Waals surface area contributed by atoms with Crippen molar-refractivity contribution in [3.63, 3.8) is 0 Å². The van der Waals surface area contributed by atoms with Crippen molar-refractivity contribution in [2.45, 2.75) is 0 Å². The van der Waals surface area contributed by atoms with Gasteiger partial charge >= 0.3 is 5.63 Å². The molecule has 0 bridgehead atoms. The lowest BCUT2D eigenvalue weighted by Crippen LogP contribution is -2.11. The number of allylic oxidation sites excluding steroid dienone is 1. The van der Waals surface area contributed by atoms with Crippen molar-refractivity contribution in [1.82, 2.24) is 0 Å². The van der Waals surface area contributed by atoms with Gasteiger partial charge in [-0.3, -0.25) is 14.9 Å². The van der Waals surface area contributed by atoms with E-state index in [1.54, 1.807) is 48.5 Å². The molecule has 164 valence electrons. The van der Waals surface area contributed by atoms with Crippen LogP contribution in [0.4, 0.5) is 5.69 Å². The molecule has 0 aliphatic heterocycles. The quantitative estimate of drug-likeness (QED) is 0.124. The van der Waals surface area contributed by atoms with Crippen LogP contribution in [0.25, 0.3) is 17.0 Å². The second kappa shape index (κ2) is 9.19. The molecule has 0 atom stereocenters. The van der Waals surface area contributed by atoms with Crippen LogP contribution in [-0.4, -0.2) is 17.8 Å². The van der Waals surface area contributed by atoms with Gasteiger partial charge < -0.3 is 13.9 Å². The molecule has 0 aliphatic carbocycles. The Morgan fingerprint density at radius 2 is 1.58 bits per heavy atom. The fraction of sp³-hybridized carbons (Fsp3) is 0.0400. The lowest BCUT2D eigenvalue weighted by molar-refractivity contribution is -0.384. The predicted octanol–water partition coefficient (Wildman–Crippen LogP) is 5.40. The highest BCUT2D eigenvalue weighted by Crippen LogP contribution is 2.24. The number of ether oxygens (including phenoxy) is 2. The van der Waals surface area contributed by atoms with Gasteiger partial charge in [-0.1, -0.05) is 18.2 Å². The molecule has 0 N–H and O–H groups in total. The minimum Gasteiger partial charge on any atom is -0.497 e. The minimum atomic E-state index is -0.725. The van der Waals surface area contributed by atoms with Gasteiger partial charge in [0.25, 0.3) is 5.69 Å². The Labute approximate surface area is 187 Å². The van der Waals surface area contributed by atoms with E-state index in [1.807, 2.05) is 0 Å². The Balaban J connectivity index is 1.46. The van der Waals surface area contributed by atoms with Crippen LogP contribution in [0.2, 0.25) is 0 Å². The van der Waals surface area contributed by atoms with Crippen molar-refractivity contribution in [1.29, 1.82) is 0 Å². The lowest BCUT2D eigenvalue weighted by atomic mass is 10.1. The third kappa shape index (κ3) is 4.96. The van der Waals surface area contributed by atoms with Crippen molar-refractivity contribution in [2.24, 2.45) is 0 Å². The molecule has 8 nitrogen and oxygen atoms in total. The number of nitro groups is 1. The number of carbonyl (C=O) groups is 1. The van der Waals surface area contributed by atoms with E-state index >= 15 is 0 Å². The number of benzene rings is 3. The number of methoxy groups -OCH3 is 1. The van der Waals surface area contributed by atoms with Gasteiger partial charge in [0.15, 0.2) is 5.78 Å². The van der Waals surface area contributed by atoms with E-state index in [-0.39, 0.29) is 11.3 Å². The summed E-state index contributed by atoms with van der Waals surface area (Å²) in [5, 5.41) is 11.3. The number of carbonyl (C=O) groups excluding carboxylic acids is 1. The Morgan fingerprint density at radius 1 is 0.939 bits per heavy atom. The van der Waals surface area contributed by atoms with Gasteiger partial charge in [0, 0.05) is 23.6 Å².